The van der Waals surface area contributed by atoms with E-state index in [4.69, 9.17) is 4.74 Å². The smallest absolute Gasteiger partial charge is 0.250 e. The molecule has 0 bridgehead atoms. The van der Waals surface area contributed by atoms with E-state index >= 15 is 0 Å². The number of aryl methyl sites for hydroxylation is 1. The van der Waals surface area contributed by atoms with E-state index in [0.29, 0.717) is 5.75 Å². The molecule has 0 unspecified atom stereocenters. The Balaban J connectivity index is 1.85. The van der Waals surface area contributed by atoms with E-state index < -0.39 is 0 Å². The van der Waals surface area contributed by atoms with Crippen molar-refractivity contribution in [2.24, 2.45) is 5.10 Å². The normalized spacial score (nSPS) is 10.9. The van der Waals surface area contributed by atoms with Gasteiger partial charge in [0.25, 0.3) is 0 Å². The predicted molar refractivity (Wildman–Crippen MR) is 112 cm³/mol. The monoisotopic (exact) mass is 404 g/mol. The van der Waals surface area contributed by atoms with Gasteiger partial charge in [0.15, 0.2) is 5.16 Å². The minimum atomic E-state index is -0.192. The van der Waals surface area contributed by atoms with Crippen molar-refractivity contribution in [3.8, 4) is 5.75 Å². The first kappa shape index (κ1) is 21.2. The fourth-order valence-electron chi connectivity index (χ4n) is 2.08. The highest BCUT2D eigenvalue weighted by Crippen LogP contribution is 2.21. The number of aromatic nitrogens is 2. The van der Waals surface area contributed by atoms with E-state index in [1.54, 1.807) is 25.1 Å². The molecule has 0 aliphatic heterocycles. The third kappa shape index (κ3) is 7.60. The van der Waals surface area contributed by atoms with Gasteiger partial charge in [0, 0.05) is 17.0 Å². The molecule has 0 saturated heterocycles. The molecule has 2 aromatic rings. The van der Waals surface area contributed by atoms with Gasteiger partial charge in [-0.1, -0.05) is 49.0 Å². The van der Waals surface area contributed by atoms with Crippen molar-refractivity contribution in [1.29, 1.82) is 0 Å². The number of nitrogens with one attached hydrogen (secondary N) is 1. The molecule has 27 heavy (non-hydrogen) atoms. The van der Waals surface area contributed by atoms with Crippen LogP contribution >= 0.6 is 23.5 Å². The van der Waals surface area contributed by atoms with E-state index in [-0.39, 0.29) is 11.7 Å². The third-order valence-corrected chi connectivity index (χ3v) is 5.27. The Morgan fingerprint density at radius 1 is 1.30 bits per heavy atom. The van der Waals surface area contributed by atoms with Crippen LogP contribution in [-0.4, -0.2) is 40.7 Å². The molecule has 144 valence electrons. The Labute approximate surface area is 168 Å². The number of rotatable bonds is 10. The highest BCUT2D eigenvalue weighted by Gasteiger charge is 2.07. The van der Waals surface area contributed by atoms with Crippen LogP contribution in [0.4, 0.5) is 0 Å². The highest BCUT2D eigenvalue weighted by molar-refractivity contribution is 8.00. The Hall–Kier alpha value is -2.06. The van der Waals surface area contributed by atoms with Crippen LogP contribution in [0.1, 0.15) is 31.0 Å². The Bertz CT molecular complexity index is 784. The summed E-state index contributed by atoms with van der Waals surface area (Å²) in [6.07, 6.45) is 3.85. The zero-order valence-corrected chi connectivity index (χ0v) is 17.4. The lowest BCUT2D eigenvalue weighted by Crippen LogP contribution is -2.19. The lowest BCUT2D eigenvalue weighted by atomic mass is 10.2. The Morgan fingerprint density at radius 3 is 2.89 bits per heavy atom. The fraction of sp³-hybridized carbons (Fsp3) is 0.368. The number of hydrazone groups is 1. The number of hydrogen-bond acceptors (Lipinski definition) is 7. The number of amides is 1. The summed E-state index contributed by atoms with van der Waals surface area (Å²) in [7, 11) is 1.60. The summed E-state index contributed by atoms with van der Waals surface area (Å²) in [5.74, 6) is 1.75. The third-order valence-electron chi connectivity index (χ3n) is 3.42. The number of unbranched alkanes of at least 4 members (excludes halogenated alkanes) is 1. The minimum Gasteiger partial charge on any atom is -0.496 e. The second kappa shape index (κ2) is 11.6. The van der Waals surface area contributed by atoms with Crippen LogP contribution in [-0.2, 0) is 4.79 Å². The molecule has 0 aliphatic rings. The number of para-hydroxylation sites is 1. The van der Waals surface area contributed by atoms with Crippen LogP contribution in [0.3, 0.4) is 0 Å². The quantitative estimate of drug-likeness (QED) is 0.161. The molecule has 0 fully saturated rings. The second-order valence-corrected chi connectivity index (χ2v) is 7.71. The first-order valence-corrected chi connectivity index (χ1v) is 10.7. The number of ether oxygens (including phenoxy) is 1. The van der Waals surface area contributed by atoms with Gasteiger partial charge >= 0.3 is 0 Å². The summed E-state index contributed by atoms with van der Waals surface area (Å²) in [4.78, 5) is 21.0. The van der Waals surface area contributed by atoms with Crippen LogP contribution in [0.5, 0.6) is 5.75 Å². The van der Waals surface area contributed by atoms with Gasteiger partial charge in [0.05, 0.1) is 19.1 Å². The van der Waals surface area contributed by atoms with E-state index in [1.165, 1.54) is 11.8 Å². The van der Waals surface area contributed by atoms with Crippen LogP contribution in [0.15, 0.2) is 45.6 Å². The van der Waals surface area contributed by atoms with Crippen molar-refractivity contribution in [1.82, 2.24) is 15.4 Å². The lowest BCUT2D eigenvalue weighted by Gasteiger charge is -2.05. The zero-order chi connectivity index (χ0) is 19.5. The van der Waals surface area contributed by atoms with Gasteiger partial charge in [-0.15, -0.1) is 0 Å². The van der Waals surface area contributed by atoms with Crippen molar-refractivity contribution in [2.75, 3.05) is 18.6 Å². The van der Waals surface area contributed by atoms with Gasteiger partial charge in [0.2, 0.25) is 5.91 Å². The van der Waals surface area contributed by atoms with Crippen molar-refractivity contribution in [3.05, 3.63) is 41.6 Å². The molecule has 1 heterocycles. The van der Waals surface area contributed by atoms with E-state index in [2.05, 4.69) is 27.4 Å². The summed E-state index contributed by atoms with van der Waals surface area (Å²) < 4.78 is 5.24. The van der Waals surface area contributed by atoms with Gasteiger partial charge in [-0.3, -0.25) is 4.79 Å². The molecule has 1 aromatic carbocycles. The molecule has 1 aromatic heterocycles. The summed E-state index contributed by atoms with van der Waals surface area (Å²) in [6, 6.07) is 9.36. The van der Waals surface area contributed by atoms with E-state index in [1.807, 2.05) is 37.3 Å². The Morgan fingerprint density at radius 2 is 2.11 bits per heavy atom. The molecular weight excluding hydrogens is 380 g/mol. The molecular formula is C19H24N4O2S2. The summed E-state index contributed by atoms with van der Waals surface area (Å²) >= 11 is 3.03. The molecule has 2 rings (SSSR count). The molecule has 6 nitrogen and oxygen atoms in total. The lowest BCUT2D eigenvalue weighted by molar-refractivity contribution is -0.118. The van der Waals surface area contributed by atoms with Crippen molar-refractivity contribution < 1.29 is 9.53 Å². The topological polar surface area (TPSA) is 76.5 Å². The van der Waals surface area contributed by atoms with E-state index in [9.17, 15) is 4.79 Å². The number of carbonyl (C=O) groups is 1. The SMILES string of the molecule is CCCCSc1nc(C)cc(SCC(=O)N/N=C/c2ccccc2OC)n1. The van der Waals surface area contributed by atoms with Crippen molar-refractivity contribution in [2.45, 2.75) is 36.9 Å². The van der Waals surface area contributed by atoms with Gasteiger partial charge in [-0.05, 0) is 31.5 Å². The largest absolute Gasteiger partial charge is 0.496 e. The molecule has 0 aliphatic carbocycles. The number of nitrogens with zero attached hydrogens (tertiary/aromatic N) is 3. The first-order chi connectivity index (χ1) is 13.1. The summed E-state index contributed by atoms with van der Waals surface area (Å²) in [6.45, 7) is 4.10. The number of benzene rings is 1. The molecule has 0 spiro atoms. The number of thioether (sulfide) groups is 2. The summed E-state index contributed by atoms with van der Waals surface area (Å²) in [5, 5.41) is 5.55. The highest BCUT2D eigenvalue weighted by atomic mass is 32.2. The van der Waals surface area contributed by atoms with Crippen molar-refractivity contribution >= 4 is 35.6 Å². The zero-order valence-electron chi connectivity index (χ0n) is 15.8. The Kier molecular flexibility index (Phi) is 9.13. The predicted octanol–water partition coefficient (Wildman–Crippen LogP) is 3.93. The molecule has 1 amide bonds. The van der Waals surface area contributed by atoms with Gasteiger partial charge < -0.3 is 4.74 Å². The fourth-order valence-corrected chi connectivity index (χ4v) is 3.87. The summed E-state index contributed by atoms with van der Waals surface area (Å²) in [5.41, 5.74) is 4.23. The number of carbonyl (C=O) groups excluding carboxylic acids is 1. The average molecular weight is 405 g/mol. The molecule has 0 radical (unpaired) electrons. The van der Waals surface area contributed by atoms with Gasteiger partial charge in [-0.2, -0.15) is 5.10 Å². The molecule has 0 saturated carbocycles. The van der Waals surface area contributed by atoms with Crippen molar-refractivity contribution in [3.63, 3.8) is 0 Å². The van der Waals surface area contributed by atoms with Crippen LogP contribution in [0.25, 0.3) is 0 Å². The maximum Gasteiger partial charge on any atom is 0.250 e. The second-order valence-electron chi connectivity index (χ2n) is 5.66. The molecule has 0 atom stereocenters. The van der Waals surface area contributed by atoms with Crippen LogP contribution < -0.4 is 10.2 Å². The van der Waals surface area contributed by atoms with E-state index in [0.717, 1.165) is 40.0 Å². The van der Waals surface area contributed by atoms with Gasteiger partial charge in [0.1, 0.15) is 10.8 Å². The minimum absolute atomic E-state index is 0.192. The first-order valence-electron chi connectivity index (χ1n) is 8.68. The number of hydrogen-bond donors (Lipinski definition) is 1. The standard InChI is InChI=1S/C19H24N4O2S2/c1-4-5-10-26-19-21-14(2)11-18(22-19)27-13-17(24)23-20-12-15-8-6-7-9-16(15)25-3/h6-9,11-12H,4-5,10,13H2,1-3H3,(H,23,24)/b20-12+. The van der Waals surface area contributed by atoms with Crippen LogP contribution in [0.2, 0.25) is 0 Å². The maximum atomic E-state index is 12.0. The molecule has 8 heteroatoms. The maximum absolute atomic E-state index is 12.0. The van der Waals surface area contributed by atoms with Gasteiger partial charge in [-0.25, -0.2) is 15.4 Å². The number of methoxy groups -OCH3 is 1. The average Bonchev–Trinajstić information content (AvgIpc) is 2.66. The molecule has 1 N–H and O–H groups in total. The van der Waals surface area contributed by atoms with Crippen LogP contribution in [0, 0.1) is 6.92 Å².